The van der Waals surface area contributed by atoms with Crippen LogP contribution in [0.5, 0.6) is 0 Å². The zero-order valence-electron chi connectivity index (χ0n) is 12.0. The highest BCUT2D eigenvalue weighted by atomic mass is 35.5. The molecule has 1 saturated carbocycles. The number of hydrogen-bond acceptors (Lipinski definition) is 4. The maximum atomic E-state index is 12.5. The molecule has 2 aliphatic rings. The van der Waals surface area contributed by atoms with E-state index in [1.165, 1.54) is 0 Å². The molecule has 1 atom stereocenters. The van der Waals surface area contributed by atoms with Crippen molar-refractivity contribution < 1.29 is 9.53 Å². The summed E-state index contributed by atoms with van der Waals surface area (Å²) in [5, 5.41) is 0. The molecule has 1 aliphatic carbocycles. The summed E-state index contributed by atoms with van der Waals surface area (Å²) in [6.07, 6.45) is 5.30. The van der Waals surface area contributed by atoms with Gasteiger partial charge in [0.2, 0.25) is 5.91 Å². The number of pyridine rings is 1. The van der Waals surface area contributed by atoms with Crippen molar-refractivity contribution in [3.05, 3.63) is 24.0 Å². The fraction of sp³-hybridized carbons (Fsp3) is 0.600. The van der Waals surface area contributed by atoms with Gasteiger partial charge in [0, 0.05) is 30.8 Å². The zero-order valence-corrected chi connectivity index (χ0v) is 12.8. The van der Waals surface area contributed by atoms with Crippen LogP contribution in [0.3, 0.4) is 0 Å². The van der Waals surface area contributed by atoms with E-state index in [2.05, 4.69) is 4.98 Å². The van der Waals surface area contributed by atoms with E-state index in [1.807, 2.05) is 11.0 Å². The van der Waals surface area contributed by atoms with Gasteiger partial charge in [-0.3, -0.25) is 9.78 Å². The van der Waals surface area contributed by atoms with Crippen LogP contribution in [-0.2, 0) is 16.0 Å². The van der Waals surface area contributed by atoms with Crippen molar-refractivity contribution in [2.75, 3.05) is 25.5 Å². The van der Waals surface area contributed by atoms with Crippen LogP contribution in [0.2, 0.25) is 0 Å². The monoisotopic (exact) mass is 311 g/mol. The van der Waals surface area contributed by atoms with Crippen molar-refractivity contribution in [2.24, 2.45) is 5.92 Å². The molecule has 116 valence electrons. The summed E-state index contributed by atoms with van der Waals surface area (Å²) in [6, 6.07) is 4.07. The molecule has 3 rings (SSSR count). The summed E-state index contributed by atoms with van der Waals surface area (Å²) >= 11 is 0. The first kappa shape index (κ1) is 16.0. The first-order valence-corrected chi connectivity index (χ1v) is 7.30. The number of carbonyl (C=O) groups excluding carboxylic acids is 1. The molecule has 0 spiro atoms. The number of ether oxygens (including phenoxy) is 1. The Morgan fingerprint density at radius 3 is 2.76 bits per heavy atom. The predicted molar refractivity (Wildman–Crippen MR) is 83.3 cm³/mol. The molecule has 1 amide bonds. The van der Waals surface area contributed by atoms with E-state index in [0.29, 0.717) is 24.1 Å². The number of amides is 1. The van der Waals surface area contributed by atoms with Gasteiger partial charge in [0.05, 0.1) is 24.9 Å². The van der Waals surface area contributed by atoms with Crippen LogP contribution in [-0.4, -0.2) is 41.6 Å². The van der Waals surface area contributed by atoms with Crippen molar-refractivity contribution >= 4 is 24.0 Å². The Balaban J connectivity index is 0.00000161. The third-order valence-corrected chi connectivity index (χ3v) is 3.97. The highest BCUT2D eigenvalue weighted by Crippen LogP contribution is 2.29. The number of aromatic nitrogens is 1. The molecule has 1 aromatic heterocycles. The lowest BCUT2D eigenvalue weighted by Crippen LogP contribution is -2.38. The van der Waals surface area contributed by atoms with E-state index in [0.717, 1.165) is 44.7 Å². The standard InChI is InChI=1S/C15H21N3O2.ClH/c16-12-1-2-13(17-8-12)7-15(19)18(14-3-4-14)9-11-5-6-20-10-11;/h1-2,8,11,14H,3-7,9-10,16H2;1H. The maximum absolute atomic E-state index is 12.5. The molecule has 2 heterocycles. The molecular weight excluding hydrogens is 290 g/mol. The lowest BCUT2D eigenvalue weighted by molar-refractivity contribution is -0.131. The van der Waals surface area contributed by atoms with E-state index in [9.17, 15) is 4.79 Å². The number of nitrogens with two attached hydrogens (primary N) is 1. The Labute approximate surface area is 131 Å². The number of anilines is 1. The van der Waals surface area contributed by atoms with Gasteiger partial charge >= 0.3 is 0 Å². The summed E-state index contributed by atoms with van der Waals surface area (Å²) in [5.41, 5.74) is 7.03. The molecule has 21 heavy (non-hydrogen) atoms. The summed E-state index contributed by atoms with van der Waals surface area (Å²) in [5.74, 6) is 0.676. The molecule has 2 fully saturated rings. The van der Waals surface area contributed by atoms with Crippen molar-refractivity contribution in [1.82, 2.24) is 9.88 Å². The van der Waals surface area contributed by atoms with E-state index in [1.54, 1.807) is 12.3 Å². The minimum Gasteiger partial charge on any atom is -0.397 e. The number of rotatable bonds is 5. The number of nitrogen functional groups attached to an aromatic ring is 1. The fourth-order valence-corrected chi connectivity index (χ4v) is 2.64. The van der Waals surface area contributed by atoms with E-state index in [-0.39, 0.29) is 18.3 Å². The summed E-state index contributed by atoms with van der Waals surface area (Å²) in [6.45, 7) is 2.45. The van der Waals surface area contributed by atoms with E-state index in [4.69, 9.17) is 10.5 Å². The van der Waals surface area contributed by atoms with Gasteiger partial charge < -0.3 is 15.4 Å². The number of halogens is 1. The average molecular weight is 312 g/mol. The average Bonchev–Trinajstić information content (AvgIpc) is 3.15. The number of carbonyl (C=O) groups is 1. The molecule has 0 aromatic carbocycles. The topological polar surface area (TPSA) is 68.5 Å². The minimum absolute atomic E-state index is 0. The van der Waals surface area contributed by atoms with Gasteiger partial charge in [-0.2, -0.15) is 0 Å². The zero-order chi connectivity index (χ0) is 13.9. The van der Waals surface area contributed by atoms with Crippen LogP contribution in [0.15, 0.2) is 18.3 Å². The third-order valence-electron chi connectivity index (χ3n) is 3.97. The van der Waals surface area contributed by atoms with Crippen molar-refractivity contribution in [1.29, 1.82) is 0 Å². The van der Waals surface area contributed by atoms with Gasteiger partial charge in [-0.15, -0.1) is 12.4 Å². The smallest absolute Gasteiger partial charge is 0.228 e. The highest BCUT2D eigenvalue weighted by molar-refractivity contribution is 5.85. The molecule has 1 saturated heterocycles. The van der Waals surface area contributed by atoms with Crippen LogP contribution < -0.4 is 5.73 Å². The Morgan fingerprint density at radius 1 is 1.38 bits per heavy atom. The number of nitrogens with zero attached hydrogens (tertiary/aromatic N) is 2. The molecule has 1 aromatic rings. The Bertz CT molecular complexity index is 470. The van der Waals surface area contributed by atoms with Crippen LogP contribution in [0, 0.1) is 5.92 Å². The largest absolute Gasteiger partial charge is 0.397 e. The quantitative estimate of drug-likeness (QED) is 0.898. The van der Waals surface area contributed by atoms with Gasteiger partial charge in [0.1, 0.15) is 0 Å². The first-order chi connectivity index (χ1) is 9.72. The minimum atomic E-state index is 0. The second-order valence-electron chi connectivity index (χ2n) is 5.77. The van der Waals surface area contributed by atoms with Crippen molar-refractivity contribution in [2.45, 2.75) is 31.7 Å². The van der Waals surface area contributed by atoms with Gasteiger partial charge in [0.25, 0.3) is 0 Å². The van der Waals surface area contributed by atoms with Crippen LogP contribution in [0.4, 0.5) is 5.69 Å². The van der Waals surface area contributed by atoms with Gasteiger partial charge in [-0.05, 0) is 31.4 Å². The van der Waals surface area contributed by atoms with E-state index < -0.39 is 0 Å². The summed E-state index contributed by atoms with van der Waals surface area (Å²) < 4.78 is 5.41. The molecule has 0 bridgehead atoms. The van der Waals surface area contributed by atoms with E-state index >= 15 is 0 Å². The first-order valence-electron chi connectivity index (χ1n) is 7.30. The molecule has 1 aliphatic heterocycles. The predicted octanol–water partition coefficient (Wildman–Crippen LogP) is 1.66. The Kier molecular flexibility index (Phi) is 5.42. The molecular formula is C15H22ClN3O2. The normalized spacial score (nSPS) is 20.9. The molecule has 5 nitrogen and oxygen atoms in total. The lowest BCUT2D eigenvalue weighted by atomic mass is 10.1. The number of hydrogen-bond donors (Lipinski definition) is 1. The lowest BCUT2D eigenvalue weighted by Gasteiger charge is -2.25. The second kappa shape index (κ2) is 7.09. The van der Waals surface area contributed by atoms with Crippen LogP contribution in [0.1, 0.15) is 25.0 Å². The van der Waals surface area contributed by atoms with Crippen molar-refractivity contribution in [3.8, 4) is 0 Å². The SMILES string of the molecule is Cl.Nc1ccc(CC(=O)N(CC2CCOC2)C2CC2)nc1. The molecule has 0 radical (unpaired) electrons. The van der Waals surface area contributed by atoms with Crippen LogP contribution in [0.25, 0.3) is 0 Å². The van der Waals surface area contributed by atoms with Crippen molar-refractivity contribution in [3.63, 3.8) is 0 Å². The van der Waals surface area contributed by atoms with Crippen LogP contribution >= 0.6 is 12.4 Å². The Hall–Kier alpha value is -1.33. The molecule has 1 unspecified atom stereocenters. The van der Waals surface area contributed by atoms with Gasteiger partial charge in [0.15, 0.2) is 0 Å². The second-order valence-corrected chi connectivity index (χ2v) is 5.77. The summed E-state index contributed by atoms with van der Waals surface area (Å²) in [4.78, 5) is 18.7. The van der Waals surface area contributed by atoms with Gasteiger partial charge in [-0.25, -0.2) is 0 Å². The molecule has 2 N–H and O–H groups in total. The van der Waals surface area contributed by atoms with Gasteiger partial charge in [-0.1, -0.05) is 0 Å². The summed E-state index contributed by atoms with van der Waals surface area (Å²) in [7, 11) is 0. The maximum Gasteiger partial charge on any atom is 0.228 e. The highest BCUT2D eigenvalue weighted by Gasteiger charge is 2.34. The Morgan fingerprint density at radius 2 is 2.19 bits per heavy atom. The fourth-order valence-electron chi connectivity index (χ4n) is 2.64. The molecule has 6 heteroatoms. The third kappa shape index (κ3) is 4.32.